The summed E-state index contributed by atoms with van der Waals surface area (Å²) in [5, 5.41) is 0. The standard InChI is InChI=1S/C8H10BrN3S/c9-7-5-10-8(11-6-7)12-1-3-13-4-2-12/h5-6H,1-4H2. The van der Waals surface area contributed by atoms with E-state index in [2.05, 4.69) is 30.8 Å². The van der Waals surface area contributed by atoms with Crippen LogP contribution in [0.2, 0.25) is 0 Å². The van der Waals surface area contributed by atoms with E-state index in [0.29, 0.717) is 0 Å². The molecule has 0 radical (unpaired) electrons. The predicted molar refractivity (Wildman–Crippen MR) is 59.3 cm³/mol. The summed E-state index contributed by atoms with van der Waals surface area (Å²) in [6, 6.07) is 0. The lowest BCUT2D eigenvalue weighted by atomic mass is 10.5. The third-order valence-corrected chi connectivity index (χ3v) is 3.25. The van der Waals surface area contributed by atoms with Crippen LogP contribution in [0.1, 0.15) is 0 Å². The second-order valence-corrected chi connectivity index (χ2v) is 4.94. The van der Waals surface area contributed by atoms with Crippen LogP contribution in [0.3, 0.4) is 0 Å². The van der Waals surface area contributed by atoms with Gasteiger partial charge in [0, 0.05) is 37.0 Å². The molecule has 13 heavy (non-hydrogen) atoms. The van der Waals surface area contributed by atoms with E-state index < -0.39 is 0 Å². The number of hydrogen-bond donors (Lipinski definition) is 0. The minimum absolute atomic E-state index is 0.850. The van der Waals surface area contributed by atoms with Crippen molar-refractivity contribution in [3.8, 4) is 0 Å². The maximum absolute atomic E-state index is 4.26. The number of anilines is 1. The minimum atomic E-state index is 0.850. The molecule has 1 saturated heterocycles. The smallest absolute Gasteiger partial charge is 0.225 e. The van der Waals surface area contributed by atoms with E-state index >= 15 is 0 Å². The van der Waals surface area contributed by atoms with Crippen molar-refractivity contribution in [2.24, 2.45) is 0 Å². The zero-order valence-corrected chi connectivity index (χ0v) is 9.51. The van der Waals surface area contributed by atoms with Crippen molar-refractivity contribution < 1.29 is 0 Å². The summed E-state index contributed by atoms with van der Waals surface area (Å²) >= 11 is 5.31. The first-order valence-electron chi connectivity index (χ1n) is 4.16. The van der Waals surface area contributed by atoms with E-state index in [1.165, 1.54) is 11.5 Å². The van der Waals surface area contributed by atoms with Crippen molar-refractivity contribution in [2.75, 3.05) is 29.5 Å². The van der Waals surface area contributed by atoms with Crippen LogP contribution >= 0.6 is 27.7 Å². The number of hydrogen-bond acceptors (Lipinski definition) is 4. The lowest BCUT2D eigenvalue weighted by Gasteiger charge is -2.25. The Kier molecular flexibility index (Phi) is 3.05. The average molecular weight is 260 g/mol. The van der Waals surface area contributed by atoms with Crippen molar-refractivity contribution >= 4 is 33.6 Å². The molecule has 0 spiro atoms. The first-order chi connectivity index (χ1) is 6.36. The van der Waals surface area contributed by atoms with Gasteiger partial charge in [0.1, 0.15) is 0 Å². The number of aromatic nitrogens is 2. The Labute approximate surface area is 90.1 Å². The van der Waals surface area contributed by atoms with Gasteiger partial charge in [-0.1, -0.05) is 0 Å². The lowest BCUT2D eigenvalue weighted by molar-refractivity contribution is 0.814. The molecule has 1 aliphatic rings. The normalized spacial score (nSPS) is 17.5. The highest BCUT2D eigenvalue weighted by atomic mass is 79.9. The zero-order chi connectivity index (χ0) is 9.10. The van der Waals surface area contributed by atoms with Crippen LogP contribution < -0.4 is 4.90 Å². The molecule has 1 aromatic rings. The van der Waals surface area contributed by atoms with Gasteiger partial charge in [0.05, 0.1) is 4.47 Å². The summed E-state index contributed by atoms with van der Waals surface area (Å²) in [6.45, 7) is 2.12. The maximum Gasteiger partial charge on any atom is 0.225 e. The van der Waals surface area contributed by atoms with Gasteiger partial charge < -0.3 is 4.90 Å². The second-order valence-electron chi connectivity index (χ2n) is 2.80. The molecule has 0 saturated carbocycles. The van der Waals surface area contributed by atoms with Gasteiger partial charge in [0.25, 0.3) is 0 Å². The molecule has 0 bridgehead atoms. The van der Waals surface area contributed by atoms with Crippen molar-refractivity contribution in [1.82, 2.24) is 9.97 Å². The third kappa shape index (κ3) is 2.34. The fourth-order valence-corrected chi connectivity index (χ4v) is 2.34. The van der Waals surface area contributed by atoms with Gasteiger partial charge in [0.15, 0.2) is 0 Å². The molecule has 2 heterocycles. The van der Waals surface area contributed by atoms with E-state index in [9.17, 15) is 0 Å². The second kappa shape index (κ2) is 4.28. The van der Waals surface area contributed by atoms with Gasteiger partial charge in [0.2, 0.25) is 5.95 Å². The zero-order valence-electron chi connectivity index (χ0n) is 7.11. The molecule has 3 nitrogen and oxygen atoms in total. The highest BCUT2D eigenvalue weighted by Crippen LogP contribution is 2.15. The Morgan fingerprint density at radius 2 is 1.85 bits per heavy atom. The predicted octanol–water partition coefficient (Wildman–Crippen LogP) is 1.79. The molecule has 5 heteroatoms. The molecule has 1 fully saturated rings. The first-order valence-corrected chi connectivity index (χ1v) is 6.11. The van der Waals surface area contributed by atoms with E-state index in [-0.39, 0.29) is 0 Å². The summed E-state index contributed by atoms with van der Waals surface area (Å²) < 4.78 is 0.933. The van der Waals surface area contributed by atoms with Crippen LogP contribution in [-0.4, -0.2) is 34.6 Å². The fourth-order valence-electron chi connectivity index (χ4n) is 1.23. The Morgan fingerprint density at radius 1 is 1.23 bits per heavy atom. The topological polar surface area (TPSA) is 29.0 Å². The Bertz CT molecular complexity index is 271. The molecule has 1 aliphatic heterocycles. The number of halogens is 1. The molecule has 0 amide bonds. The van der Waals surface area contributed by atoms with Crippen LogP contribution in [-0.2, 0) is 0 Å². The highest BCUT2D eigenvalue weighted by molar-refractivity contribution is 9.10. The average Bonchev–Trinajstić information content (AvgIpc) is 2.20. The lowest BCUT2D eigenvalue weighted by Crippen LogP contribution is -2.33. The summed E-state index contributed by atoms with van der Waals surface area (Å²) in [6.07, 6.45) is 3.59. The SMILES string of the molecule is Brc1cnc(N2CCSCC2)nc1. The first kappa shape index (κ1) is 9.27. The van der Waals surface area contributed by atoms with E-state index in [4.69, 9.17) is 0 Å². The molecule has 2 rings (SSSR count). The Hall–Kier alpha value is -0.290. The van der Waals surface area contributed by atoms with Gasteiger partial charge in [-0.2, -0.15) is 11.8 Å². The van der Waals surface area contributed by atoms with E-state index in [1.807, 2.05) is 11.8 Å². The minimum Gasteiger partial charge on any atom is -0.339 e. The van der Waals surface area contributed by atoms with Crippen LogP contribution in [0.15, 0.2) is 16.9 Å². The Morgan fingerprint density at radius 3 is 2.46 bits per heavy atom. The van der Waals surface area contributed by atoms with Crippen LogP contribution in [0.5, 0.6) is 0 Å². The summed E-state index contributed by atoms with van der Waals surface area (Å²) in [4.78, 5) is 10.7. The van der Waals surface area contributed by atoms with E-state index in [1.54, 1.807) is 12.4 Å². The molecule has 0 aliphatic carbocycles. The summed E-state index contributed by atoms with van der Waals surface area (Å²) in [7, 11) is 0. The van der Waals surface area contributed by atoms with Gasteiger partial charge >= 0.3 is 0 Å². The summed E-state index contributed by atoms with van der Waals surface area (Å²) in [5.41, 5.74) is 0. The largest absolute Gasteiger partial charge is 0.339 e. The van der Waals surface area contributed by atoms with Gasteiger partial charge in [-0.3, -0.25) is 0 Å². The number of nitrogens with zero attached hydrogens (tertiary/aromatic N) is 3. The summed E-state index contributed by atoms with van der Waals surface area (Å²) in [5.74, 6) is 3.21. The fraction of sp³-hybridized carbons (Fsp3) is 0.500. The molecule has 70 valence electrons. The van der Waals surface area contributed by atoms with Gasteiger partial charge in [-0.15, -0.1) is 0 Å². The molecule has 0 atom stereocenters. The van der Waals surface area contributed by atoms with Crippen molar-refractivity contribution in [2.45, 2.75) is 0 Å². The highest BCUT2D eigenvalue weighted by Gasteiger charge is 2.12. The third-order valence-electron chi connectivity index (χ3n) is 1.90. The number of thioether (sulfide) groups is 1. The monoisotopic (exact) mass is 259 g/mol. The molecule has 0 unspecified atom stereocenters. The van der Waals surface area contributed by atoms with Crippen molar-refractivity contribution in [3.63, 3.8) is 0 Å². The quantitative estimate of drug-likeness (QED) is 0.769. The molecule has 1 aromatic heterocycles. The number of rotatable bonds is 1. The van der Waals surface area contributed by atoms with Crippen molar-refractivity contribution in [3.05, 3.63) is 16.9 Å². The maximum atomic E-state index is 4.26. The van der Waals surface area contributed by atoms with Crippen LogP contribution in [0, 0.1) is 0 Å². The van der Waals surface area contributed by atoms with Gasteiger partial charge in [-0.25, -0.2) is 9.97 Å². The van der Waals surface area contributed by atoms with Crippen LogP contribution in [0.25, 0.3) is 0 Å². The van der Waals surface area contributed by atoms with Crippen LogP contribution in [0.4, 0.5) is 5.95 Å². The molecular weight excluding hydrogens is 250 g/mol. The van der Waals surface area contributed by atoms with Gasteiger partial charge in [-0.05, 0) is 15.9 Å². The Balaban J connectivity index is 2.10. The molecular formula is C8H10BrN3S. The molecule has 0 aromatic carbocycles. The molecule has 0 N–H and O–H groups in total. The van der Waals surface area contributed by atoms with Crippen molar-refractivity contribution in [1.29, 1.82) is 0 Å². The van der Waals surface area contributed by atoms with E-state index in [0.717, 1.165) is 23.5 Å².